The third kappa shape index (κ3) is 2.90. The first-order valence-electron chi connectivity index (χ1n) is 3.88. The average Bonchev–Trinajstić information content (AvgIpc) is 2.13. The van der Waals surface area contributed by atoms with E-state index in [1.165, 1.54) is 0 Å². The Balaban J connectivity index is 3.04. The minimum Gasteiger partial charge on any atom is -0.505 e. The van der Waals surface area contributed by atoms with Gasteiger partial charge in [-0.2, -0.15) is 0 Å². The van der Waals surface area contributed by atoms with E-state index in [1.54, 1.807) is 0 Å². The van der Waals surface area contributed by atoms with Crippen molar-refractivity contribution in [3.8, 4) is 17.6 Å². The molecule has 0 saturated heterocycles. The van der Waals surface area contributed by atoms with Gasteiger partial charge >= 0.3 is 0 Å². The van der Waals surface area contributed by atoms with Crippen LogP contribution in [0.4, 0.5) is 4.39 Å². The van der Waals surface area contributed by atoms with E-state index in [2.05, 4.69) is 27.8 Å². The number of phenols is 1. The fraction of sp³-hybridized carbons (Fsp3) is 0.200. The summed E-state index contributed by atoms with van der Waals surface area (Å²) in [5.74, 6) is 4.73. The largest absolute Gasteiger partial charge is 0.505 e. The molecule has 4 heteroatoms. The molecule has 14 heavy (non-hydrogen) atoms. The van der Waals surface area contributed by atoms with Gasteiger partial charge in [-0.05, 0) is 12.1 Å². The highest BCUT2D eigenvalue weighted by atomic mass is 79.9. The smallest absolute Gasteiger partial charge is 0.149 e. The van der Waals surface area contributed by atoms with E-state index < -0.39 is 5.82 Å². The summed E-state index contributed by atoms with van der Waals surface area (Å²) in [6.45, 7) is 0. The highest BCUT2D eigenvalue weighted by Gasteiger charge is 2.05. The molecule has 0 amide bonds. The van der Waals surface area contributed by atoms with Gasteiger partial charge in [0, 0.05) is 11.8 Å². The van der Waals surface area contributed by atoms with Crippen LogP contribution in [0.3, 0.4) is 0 Å². The van der Waals surface area contributed by atoms with E-state index in [0.717, 1.165) is 17.5 Å². The van der Waals surface area contributed by atoms with Crippen LogP contribution in [0.5, 0.6) is 5.75 Å². The number of rotatable bonds is 1. The van der Waals surface area contributed by atoms with Gasteiger partial charge in [0.1, 0.15) is 11.6 Å². The Morgan fingerprint density at radius 2 is 2.21 bits per heavy atom. The van der Waals surface area contributed by atoms with Crippen molar-refractivity contribution in [2.75, 3.05) is 5.33 Å². The lowest BCUT2D eigenvalue weighted by Crippen LogP contribution is -1.82. The standard InChI is InChI=1S/C10H7BrClFO/c11-4-2-1-3-7-5-8(13)6-9(12)10(7)14/h5-6,14H,2,4H2. The molecule has 74 valence electrons. The molecule has 0 unspecified atom stereocenters. The van der Waals surface area contributed by atoms with Crippen molar-refractivity contribution >= 4 is 27.5 Å². The third-order valence-corrected chi connectivity index (χ3v) is 2.16. The van der Waals surface area contributed by atoms with Crippen LogP contribution in [0, 0.1) is 17.7 Å². The zero-order valence-electron chi connectivity index (χ0n) is 7.15. The van der Waals surface area contributed by atoms with Crippen molar-refractivity contribution in [1.82, 2.24) is 0 Å². The van der Waals surface area contributed by atoms with Crippen LogP contribution in [-0.2, 0) is 0 Å². The molecule has 1 nitrogen and oxygen atoms in total. The molecule has 1 rings (SSSR count). The normalized spacial score (nSPS) is 9.36. The summed E-state index contributed by atoms with van der Waals surface area (Å²) in [6.07, 6.45) is 0.633. The molecule has 1 N–H and O–H groups in total. The summed E-state index contributed by atoms with van der Waals surface area (Å²) in [5, 5.41) is 10.1. The number of phenolic OH excluding ortho intramolecular Hbond substituents is 1. The number of hydrogen-bond acceptors (Lipinski definition) is 1. The number of benzene rings is 1. The molecular formula is C10H7BrClFO. The van der Waals surface area contributed by atoms with Gasteiger partial charge in [-0.3, -0.25) is 0 Å². The highest BCUT2D eigenvalue weighted by Crippen LogP contribution is 2.27. The Morgan fingerprint density at radius 3 is 2.86 bits per heavy atom. The second kappa shape index (κ2) is 5.23. The quantitative estimate of drug-likeness (QED) is 0.617. The van der Waals surface area contributed by atoms with Crippen LogP contribution < -0.4 is 0 Å². The van der Waals surface area contributed by atoms with Crippen LogP contribution in [0.2, 0.25) is 5.02 Å². The molecule has 0 spiro atoms. The topological polar surface area (TPSA) is 20.2 Å². The lowest BCUT2D eigenvalue weighted by molar-refractivity contribution is 0.471. The van der Waals surface area contributed by atoms with Crippen LogP contribution in [0.25, 0.3) is 0 Å². The van der Waals surface area contributed by atoms with Crippen molar-refractivity contribution in [3.63, 3.8) is 0 Å². The number of alkyl halides is 1. The fourth-order valence-electron chi connectivity index (χ4n) is 0.866. The molecule has 0 aliphatic rings. The van der Waals surface area contributed by atoms with E-state index in [-0.39, 0.29) is 16.3 Å². The predicted octanol–water partition coefficient (Wildman–Crippen LogP) is 3.32. The second-order valence-electron chi connectivity index (χ2n) is 2.52. The monoisotopic (exact) mass is 276 g/mol. The SMILES string of the molecule is Oc1c(Cl)cc(F)cc1C#CCCBr. The molecule has 0 aliphatic heterocycles. The minimum atomic E-state index is -0.504. The lowest BCUT2D eigenvalue weighted by Gasteiger charge is -1.99. The molecule has 0 aromatic heterocycles. The van der Waals surface area contributed by atoms with Crippen molar-refractivity contribution in [3.05, 3.63) is 28.5 Å². The lowest BCUT2D eigenvalue weighted by atomic mass is 10.2. The van der Waals surface area contributed by atoms with Gasteiger partial charge in [0.05, 0.1) is 10.6 Å². The summed E-state index contributed by atoms with van der Waals surface area (Å²) in [4.78, 5) is 0. The predicted molar refractivity (Wildman–Crippen MR) is 58.4 cm³/mol. The van der Waals surface area contributed by atoms with Crippen LogP contribution in [0.1, 0.15) is 12.0 Å². The average molecular weight is 278 g/mol. The second-order valence-corrected chi connectivity index (χ2v) is 3.72. The van der Waals surface area contributed by atoms with Gasteiger partial charge in [-0.25, -0.2) is 4.39 Å². The summed E-state index contributed by atoms with van der Waals surface area (Å²) in [7, 11) is 0. The molecule has 1 aromatic rings. The van der Waals surface area contributed by atoms with Gasteiger partial charge in [-0.15, -0.1) is 0 Å². The van der Waals surface area contributed by atoms with E-state index >= 15 is 0 Å². The first kappa shape index (κ1) is 11.4. The summed E-state index contributed by atoms with van der Waals surface area (Å²) < 4.78 is 12.8. The molecule has 0 bridgehead atoms. The van der Waals surface area contributed by atoms with E-state index in [4.69, 9.17) is 11.6 Å². The molecular weight excluding hydrogens is 270 g/mol. The van der Waals surface area contributed by atoms with Crippen molar-refractivity contribution in [1.29, 1.82) is 0 Å². The van der Waals surface area contributed by atoms with E-state index in [1.807, 2.05) is 0 Å². The number of hydrogen-bond donors (Lipinski definition) is 1. The zero-order valence-corrected chi connectivity index (χ0v) is 9.49. The van der Waals surface area contributed by atoms with Gasteiger partial charge < -0.3 is 5.11 Å². The molecule has 1 aromatic carbocycles. The summed E-state index contributed by atoms with van der Waals surface area (Å²) in [6, 6.07) is 2.20. The Hall–Kier alpha value is -0.720. The van der Waals surface area contributed by atoms with Crippen molar-refractivity contribution in [2.24, 2.45) is 0 Å². The minimum absolute atomic E-state index is 0.0202. The Labute approximate surface area is 95.0 Å². The van der Waals surface area contributed by atoms with Gasteiger partial charge in [0.2, 0.25) is 0 Å². The Bertz CT molecular complexity index is 395. The maximum absolute atomic E-state index is 12.8. The van der Waals surface area contributed by atoms with Crippen LogP contribution >= 0.6 is 27.5 Å². The number of halogens is 3. The molecule has 0 heterocycles. The maximum atomic E-state index is 12.8. The molecule has 0 aliphatic carbocycles. The van der Waals surface area contributed by atoms with Crippen molar-refractivity contribution < 1.29 is 9.50 Å². The molecule has 0 fully saturated rings. The zero-order chi connectivity index (χ0) is 10.6. The van der Waals surface area contributed by atoms with Crippen molar-refractivity contribution in [2.45, 2.75) is 6.42 Å². The van der Waals surface area contributed by atoms with Gasteiger partial charge in [0.15, 0.2) is 0 Å². The molecule has 0 saturated carbocycles. The van der Waals surface area contributed by atoms with Crippen LogP contribution in [0.15, 0.2) is 12.1 Å². The third-order valence-electron chi connectivity index (χ3n) is 1.47. The first-order chi connectivity index (χ1) is 6.65. The van der Waals surface area contributed by atoms with E-state index in [9.17, 15) is 9.50 Å². The Morgan fingerprint density at radius 1 is 1.50 bits per heavy atom. The van der Waals surface area contributed by atoms with E-state index in [0.29, 0.717) is 6.42 Å². The molecule has 0 radical (unpaired) electrons. The van der Waals surface area contributed by atoms with Gasteiger partial charge in [-0.1, -0.05) is 39.4 Å². The fourth-order valence-corrected chi connectivity index (χ4v) is 1.27. The summed E-state index contributed by atoms with van der Waals surface area (Å²) >= 11 is 8.77. The summed E-state index contributed by atoms with van der Waals surface area (Å²) in [5.41, 5.74) is 0.218. The highest BCUT2D eigenvalue weighted by molar-refractivity contribution is 9.09. The first-order valence-corrected chi connectivity index (χ1v) is 5.38. The maximum Gasteiger partial charge on any atom is 0.149 e. The van der Waals surface area contributed by atoms with Gasteiger partial charge in [0.25, 0.3) is 0 Å². The number of aromatic hydroxyl groups is 1. The molecule has 0 atom stereocenters. The van der Waals surface area contributed by atoms with Crippen LogP contribution in [-0.4, -0.2) is 10.4 Å². The Kier molecular flexibility index (Phi) is 4.24.